The molecular formula is C20H26N2O3. The largest absolute Gasteiger partial charge is 0.488 e. The summed E-state index contributed by atoms with van der Waals surface area (Å²) in [6.45, 7) is 6.57. The van der Waals surface area contributed by atoms with Gasteiger partial charge in [-0.05, 0) is 56.5 Å². The second kappa shape index (κ2) is 8.62. The summed E-state index contributed by atoms with van der Waals surface area (Å²) in [6.07, 6.45) is 3.66. The molecule has 1 aromatic heterocycles. The Bertz CT molecular complexity index is 691. The minimum Gasteiger partial charge on any atom is -0.488 e. The summed E-state index contributed by atoms with van der Waals surface area (Å²) in [5.41, 5.74) is 3.49. The van der Waals surface area contributed by atoms with Crippen LogP contribution in [0, 0.1) is 13.8 Å². The molecule has 1 heterocycles. The van der Waals surface area contributed by atoms with Gasteiger partial charge in [0.25, 0.3) is 5.91 Å². The third-order valence-corrected chi connectivity index (χ3v) is 4.04. The number of amides is 1. The molecular weight excluding hydrogens is 316 g/mol. The van der Waals surface area contributed by atoms with E-state index in [2.05, 4.69) is 4.98 Å². The molecule has 2 rings (SSSR count). The molecule has 0 spiro atoms. The van der Waals surface area contributed by atoms with Gasteiger partial charge in [0.05, 0.1) is 6.10 Å². The number of carbonyl (C=O) groups excluding carboxylic acids is 1. The first-order chi connectivity index (χ1) is 11.9. The zero-order valence-electron chi connectivity index (χ0n) is 15.3. The molecule has 0 saturated carbocycles. The number of nitrogens with zero attached hydrogens (tertiary/aromatic N) is 2. The number of hydrogen-bond donors (Lipinski definition) is 1. The van der Waals surface area contributed by atoms with Crippen LogP contribution in [0.15, 0.2) is 36.7 Å². The van der Waals surface area contributed by atoms with Crippen molar-refractivity contribution in [3.05, 3.63) is 58.9 Å². The topological polar surface area (TPSA) is 62.7 Å². The van der Waals surface area contributed by atoms with Gasteiger partial charge < -0.3 is 14.7 Å². The van der Waals surface area contributed by atoms with Crippen LogP contribution in [0.2, 0.25) is 0 Å². The van der Waals surface area contributed by atoms with E-state index in [0.717, 1.165) is 22.4 Å². The average Bonchev–Trinajstić information content (AvgIpc) is 2.59. The monoisotopic (exact) mass is 342 g/mol. The Balaban J connectivity index is 2.09. The van der Waals surface area contributed by atoms with Gasteiger partial charge in [-0.1, -0.05) is 6.07 Å². The first-order valence-corrected chi connectivity index (χ1v) is 8.45. The molecule has 2 aromatic rings. The zero-order chi connectivity index (χ0) is 18.4. The number of rotatable bonds is 7. The van der Waals surface area contributed by atoms with Crippen LogP contribution in [0.4, 0.5) is 0 Å². The van der Waals surface area contributed by atoms with Crippen LogP contribution in [-0.2, 0) is 6.61 Å². The number of aryl methyl sites for hydroxylation is 2. The van der Waals surface area contributed by atoms with Crippen LogP contribution in [0.25, 0.3) is 0 Å². The van der Waals surface area contributed by atoms with Gasteiger partial charge in [0.15, 0.2) is 0 Å². The van der Waals surface area contributed by atoms with Crippen molar-refractivity contribution >= 4 is 5.91 Å². The highest BCUT2D eigenvalue weighted by molar-refractivity contribution is 5.94. The van der Waals surface area contributed by atoms with E-state index in [1.54, 1.807) is 31.3 Å². The van der Waals surface area contributed by atoms with E-state index >= 15 is 0 Å². The number of aliphatic hydroxyl groups is 1. The second-order valence-corrected chi connectivity index (χ2v) is 6.45. The SMILES string of the molecule is Cc1cc(C(=O)N(C)CCC(C)O)cc(C)c1OCc1cccnc1. The lowest BCUT2D eigenvalue weighted by molar-refractivity contribution is 0.0768. The number of aromatic nitrogens is 1. The molecule has 0 aliphatic heterocycles. The molecule has 134 valence electrons. The Morgan fingerprint density at radius 3 is 2.56 bits per heavy atom. The van der Waals surface area contributed by atoms with Gasteiger partial charge in [-0.3, -0.25) is 9.78 Å². The Hall–Kier alpha value is -2.40. The summed E-state index contributed by atoms with van der Waals surface area (Å²) in [4.78, 5) is 18.3. The lowest BCUT2D eigenvalue weighted by atomic mass is 10.0. The standard InChI is InChI=1S/C20H26N2O3/c1-14-10-18(20(24)22(4)9-7-16(3)23)11-15(2)19(14)25-13-17-6-5-8-21-12-17/h5-6,8,10-12,16,23H,7,9,13H2,1-4H3. The van der Waals surface area contributed by atoms with E-state index in [0.29, 0.717) is 25.1 Å². The predicted molar refractivity (Wildman–Crippen MR) is 97.7 cm³/mol. The number of benzene rings is 1. The lowest BCUT2D eigenvalue weighted by Gasteiger charge is -2.20. The molecule has 5 heteroatoms. The predicted octanol–water partition coefficient (Wildman–Crippen LogP) is 3.12. The Kier molecular flexibility index (Phi) is 6.53. The summed E-state index contributed by atoms with van der Waals surface area (Å²) in [5.74, 6) is 0.748. The highest BCUT2D eigenvalue weighted by atomic mass is 16.5. The molecule has 0 radical (unpaired) electrons. The maximum atomic E-state index is 12.5. The second-order valence-electron chi connectivity index (χ2n) is 6.45. The summed E-state index contributed by atoms with van der Waals surface area (Å²) in [7, 11) is 1.75. The van der Waals surface area contributed by atoms with E-state index in [-0.39, 0.29) is 5.91 Å². The first kappa shape index (κ1) is 18.9. The molecule has 1 unspecified atom stereocenters. The number of hydrogen-bond acceptors (Lipinski definition) is 4. The number of ether oxygens (including phenoxy) is 1. The average molecular weight is 342 g/mol. The van der Waals surface area contributed by atoms with Crippen LogP contribution in [-0.4, -0.2) is 40.6 Å². The number of aliphatic hydroxyl groups excluding tert-OH is 1. The van der Waals surface area contributed by atoms with Gasteiger partial charge in [0.1, 0.15) is 12.4 Å². The van der Waals surface area contributed by atoms with E-state index in [4.69, 9.17) is 4.74 Å². The summed E-state index contributed by atoms with van der Waals surface area (Å²) in [6, 6.07) is 7.55. The van der Waals surface area contributed by atoms with Crippen molar-refractivity contribution in [3.8, 4) is 5.75 Å². The zero-order valence-corrected chi connectivity index (χ0v) is 15.3. The van der Waals surface area contributed by atoms with Gasteiger partial charge in [0.2, 0.25) is 0 Å². The summed E-state index contributed by atoms with van der Waals surface area (Å²) in [5, 5.41) is 9.37. The van der Waals surface area contributed by atoms with E-state index in [1.165, 1.54) is 0 Å². The van der Waals surface area contributed by atoms with E-state index < -0.39 is 6.10 Å². The molecule has 1 amide bonds. The maximum absolute atomic E-state index is 12.5. The quantitative estimate of drug-likeness (QED) is 0.840. The van der Waals surface area contributed by atoms with Gasteiger partial charge >= 0.3 is 0 Å². The normalized spacial score (nSPS) is 11.9. The molecule has 25 heavy (non-hydrogen) atoms. The number of pyridine rings is 1. The molecule has 1 N–H and O–H groups in total. The molecule has 0 aliphatic carbocycles. The van der Waals surface area contributed by atoms with Gasteiger partial charge in [-0.2, -0.15) is 0 Å². The molecule has 0 aliphatic rings. The molecule has 1 atom stereocenters. The third-order valence-electron chi connectivity index (χ3n) is 4.04. The van der Waals surface area contributed by atoms with Crippen molar-refractivity contribution in [2.24, 2.45) is 0 Å². The Labute approximate surface area is 149 Å². The van der Waals surface area contributed by atoms with E-state index in [9.17, 15) is 9.90 Å². The molecule has 0 saturated heterocycles. The van der Waals surface area contributed by atoms with E-state index in [1.807, 2.05) is 38.1 Å². The van der Waals surface area contributed by atoms with Crippen LogP contribution in [0.5, 0.6) is 5.75 Å². The minimum absolute atomic E-state index is 0.0503. The van der Waals surface area contributed by atoms with Gasteiger partial charge in [-0.25, -0.2) is 0 Å². The fraction of sp³-hybridized carbons (Fsp3) is 0.400. The highest BCUT2D eigenvalue weighted by Crippen LogP contribution is 2.26. The number of carbonyl (C=O) groups is 1. The van der Waals surface area contributed by atoms with Crippen LogP contribution in [0.3, 0.4) is 0 Å². The van der Waals surface area contributed by atoms with Crippen LogP contribution in [0.1, 0.15) is 40.4 Å². The van der Waals surface area contributed by atoms with Crippen molar-refractivity contribution in [1.29, 1.82) is 0 Å². The van der Waals surface area contributed by atoms with Crippen molar-refractivity contribution in [1.82, 2.24) is 9.88 Å². The molecule has 1 aromatic carbocycles. The Morgan fingerprint density at radius 1 is 1.32 bits per heavy atom. The van der Waals surface area contributed by atoms with Crippen molar-refractivity contribution in [3.63, 3.8) is 0 Å². The van der Waals surface area contributed by atoms with Gasteiger partial charge in [-0.15, -0.1) is 0 Å². The Morgan fingerprint density at radius 2 is 2.00 bits per heavy atom. The maximum Gasteiger partial charge on any atom is 0.253 e. The smallest absolute Gasteiger partial charge is 0.253 e. The van der Waals surface area contributed by atoms with Crippen molar-refractivity contribution in [2.45, 2.75) is 39.9 Å². The van der Waals surface area contributed by atoms with Crippen molar-refractivity contribution < 1.29 is 14.6 Å². The first-order valence-electron chi connectivity index (χ1n) is 8.45. The lowest BCUT2D eigenvalue weighted by Crippen LogP contribution is -2.29. The van der Waals surface area contributed by atoms with Crippen LogP contribution >= 0.6 is 0 Å². The van der Waals surface area contributed by atoms with Crippen LogP contribution < -0.4 is 4.74 Å². The fourth-order valence-electron chi connectivity index (χ4n) is 2.64. The third kappa shape index (κ3) is 5.29. The molecule has 0 bridgehead atoms. The fourth-order valence-corrected chi connectivity index (χ4v) is 2.64. The molecule has 5 nitrogen and oxygen atoms in total. The molecule has 0 fully saturated rings. The van der Waals surface area contributed by atoms with Crippen molar-refractivity contribution in [2.75, 3.05) is 13.6 Å². The summed E-state index contributed by atoms with van der Waals surface area (Å²) >= 11 is 0. The minimum atomic E-state index is -0.415. The summed E-state index contributed by atoms with van der Waals surface area (Å²) < 4.78 is 5.93. The highest BCUT2D eigenvalue weighted by Gasteiger charge is 2.16. The van der Waals surface area contributed by atoms with Gasteiger partial charge in [0, 0.05) is 37.1 Å².